The van der Waals surface area contributed by atoms with E-state index in [2.05, 4.69) is 4.90 Å². The Bertz CT molecular complexity index is 628. The molecule has 1 fully saturated rings. The molecule has 0 bridgehead atoms. The number of halogens is 1. The van der Waals surface area contributed by atoms with Crippen LogP contribution in [-0.4, -0.2) is 11.5 Å². The van der Waals surface area contributed by atoms with Gasteiger partial charge in [0.1, 0.15) is 0 Å². The summed E-state index contributed by atoms with van der Waals surface area (Å²) in [6.45, 7) is 0.878. The van der Waals surface area contributed by atoms with E-state index >= 15 is 0 Å². The molecule has 4 nitrogen and oxygen atoms in total. The minimum Gasteiger partial charge on any atom is -0.360 e. The predicted octanol–water partition coefficient (Wildman–Crippen LogP) is 3.81. The van der Waals surface area contributed by atoms with Gasteiger partial charge in [-0.2, -0.15) is 0 Å². The molecule has 1 aliphatic heterocycles. The van der Waals surface area contributed by atoms with E-state index in [1.54, 1.807) is 12.1 Å². The minimum atomic E-state index is -0.371. The summed E-state index contributed by atoms with van der Waals surface area (Å²) >= 11 is 5.86. The van der Waals surface area contributed by atoms with Crippen molar-refractivity contribution in [1.29, 1.82) is 0 Å². The molecule has 2 aromatic carbocycles. The molecule has 0 aliphatic carbocycles. The van der Waals surface area contributed by atoms with E-state index in [9.17, 15) is 10.1 Å². The van der Waals surface area contributed by atoms with Crippen molar-refractivity contribution in [3.63, 3.8) is 0 Å². The fourth-order valence-electron chi connectivity index (χ4n) is 2.18. The predicted molar refractivity (Wildman–Crippen MR) is 74.6 cm³/mol. The molecule has 1 saturated heterocycles. The molecule has 0 spiro atoms. The van der Waals surface area contributed by atoms with Crippen molar-refractivity contribution in [3.05, 3.63) is 69.2 Å². The Balaban J connectivity index is 1.81. The van der Waals surface area contributed by atoms with Crippen LogP contribution in [0.15, 0.2) is 48.5 Å². The molecule has 1 heterocycles. The number of hydrogen-bond acceptors (Lipinski definition) is 3. The third kappa shape index (κ3) is 2.39. The smallest absolute Gasteiger partial charge is 0.271 e. The van der Waals surface area contributed by atoms with Crippen LogP contribution in [0.1, 0.15) is 11.6 Å². The summed E-state index contributed by atoms with van der Waals surface area (Å²) in [5, 5.41) is 11.5. The van der Waals surface area contributed by atoms with Gasteiger partial charge in [-0.1, -0.05) is 29.8 Å². The number of hydrogen-bond donors (Lipinski definition) is 0. The lowest BCUT2D eigenvalue weighted by Gasteiger charge is -2.05. The highest BCUT2D eigenvalue weighted by Gasteiger charge is 2.35. The van der Waals surface area contributed by atoms with Crippen LogP contribution in [-0.2, 0) is 0 Å². The standard InChI is InChI=1S/C14H11ClN2O2/c15-11-6-4-10(5-7-11)14-9-16(14)12-2-1-3-13(8-12)17(18)19/h1-8,14H,9H2/t14-,16?/m1/s1. The molecule has 0 unspecified atom stereocenters. The maximum Gasteiger partial charge on any atom is 0.271 e. The number of rotatable bonds is 3. The van der Waals surface area contributed by atoms with Crippen molar-refractivity contribution in [1.82, 2.24) is 0 Å². The fraction of sp³-hybridized carbons (Fsp3) is 0.143. The van der Waals surface area contributed by atoms with E-state index in [1.807, 2.05) is 30.3 Å². The van der Waals surface area contributed by atoms with E-state index in [1.165, 1.54) is 11.6 Å². The summed E-state index contributed by atoms with van der Waals surface area (Å²) in [6, 6.07) is 14.7. The molecule has 5 heteroatoms. The second-order valence-corrected chi connectivity index (χ2v) is 4.93. The number of nitrogens with zero attached hydrogens (tertiary/aromatic N) is 2. The van der Waals surface area contributed by atoms with Crippen LogP contribution in [0.5, 0.6) is 0 Å². The van der Waals surface area contributed by atoms with Gasteiger partial charge in [-0.15, -0.1) is 0 Å². The van der Waals surface area contributed by atoms with E-state index in [0.29, 0.717) is 11.1 Å². The van der Waals surface area contributed by atoms with Crippen molar-refractivity contribution in [2.24, 2.45) is 0 Å². The molecule has 3 rings (SSSR count). The molecule has 0 amide bonds. The van der Waals surface area contributed by atoms with Gasteiger partial charge in [-0.3, -0.25) is 10.1 Å². The Labute approximate surface area is 115 Å². The zero-order valence-corrected chi connectivity index (χ0v) is 10.7. The number of nitro groups is 1. The molecular weight excluding hydrogens is 264 g/mol. The van der Waals surface area contributed by atoms with Gasteiger partial charge in [0.25, 0.3) is 5.69 Å². The highest BCUT2D eigenvalue weighted by atomic mass is 35.5. The summed E-state index contributed by atoms with van der Waals surface area (Å²) in [5.41, 5.74) is 2.18. The third-order valence-electron chi connectivity index (χ3n) is 3.24. The first-order valence-electron chi connectivity index (χ1n) is 5.92. The lowest BCUT2D eigenvalue weighted by Crippen LogP contribution is -1.96. The van der Waals surface area contributed by atoms with Gasteiger partial charge < -0.3 is 4.90 Å². The number of non-ortho nitro benzene ring substituents is 1. The van der Waals surface area contributed by atoms with Crippen LogP contribution < -0.4 is 4.90 Å². The molecular formula is C14H11ClN2O2. The van der Waals surface area contributed by atoms with Gasteiger partial charge in [0, 0.05) is 29.4 Å². The molecule has 0 saturated carbocycles. The summed E-state index contributed by atoms with van der Waals surface area (Å²) in [4.78, 5) is 12.5. The van der Waals surface area contributed by atoms with Crippen molar-refractivity contribution >= 4 is 23.0 Å². The largest absolute Gasteiger partial charge is 0.360 e. The first kappa shape index (κ1) is 12.0. The Kier molecular flexibility index (Phi) is 2.87. The zero-order valence-electron chi connectivity index (χ0n) is 9.99. The zero-order chi connectivity index (χ0) is 13.4. The first-order valence-corrected chi connectivity index (χ1v) is 6.29. The Hall–Kier alpha value is -2.07. The maximum absolute atomic E-state index is 10.8. The topological polar surface area (TPSA) is 46.1 Å². The Morgan fingerprint density at radius 3 is 2.63 bits per heavy atom. The molecule has 0 N–H and O–H groups in total. The van der Waals surface area contributed by atoms with Crippen molar-refractivity contribution in [3.8, 4) is 0 Å². The Morgan fingerprint density at radius 2 is 1.95 bits per heavy atom. The monoisotopic (exact) mass is 274 g/mol. The van der Waals surface area contributed by atoms with Crippen molar-refractivity contribution in [2.75, 3.05) is 11.4 Å². The summed E-state index contributed by atoms with van der Waals surface area (Å²) in [5.74, 6) is 0. The minimum absolute atomic E-state index is 0.124. The van der Waals surface area contributed by atoms with Crippen LogP contribution in [0.25, 0.3) is 0 Å². The molecule has 0 radical (unpaired) electrons. The van der Waals surface area contributed by atoms with Crippen LogP contribution >= 0.6 is 11.6 Å². The van der Waals surface area contributed by atoms with Crippen LogP contribution in [0.4, 0.5) is 11.4 Å². The molecule has 96 valence electrons. The Morgan fingerprint density at radius 1 is 1.21 bits per heavy atom. The second kappa shape index (κ2) is 4.55. The van der Waals surface area contributed by atoms with Crippen molar-refractivity contribution < 1.29 is 4.92 Å². The number of anilines is 1. The van der Waals surface area contributed by atoms with Crippen LogP contribution in [0.2, 0.25) is 5.02 Å². The average Bonchev–Trinajstić information content (AvgIpc) is 3.20. The van der Waals surface area contributed by atoms with E-state index < -0.39 is 0 Å². The van der Waals surface area contributed by atoms with E-state index in [0.717, 1.165) is 12.2 Å². The third-order valence-corrected chi connectivity index (χ3v) is 3.49. The molecule has 19 heavy (non-hydrogen) atoms. The van der Waals surface area contributed by atoms with Crippen LogP contribution in [0, 0.1) is 10.1 Å². The lowest BCUT2D eigenvalue weighted by molar-refractivity contribution is -0.384. The number of benzene rings is 2. The maximum atomic E-state index is 10.8. The van der Waals surface area contributed by atoms with Gasteiger partial charge in [0.15, 0.2) is 0 Å². The summed E-state index contributed by atoms with van der Waals surface area (Å²) < 4.78 is 0. The van der Waals surface area contributed by atoms with E-state index in [-0.39, 0.29) is 10.6 Å². The van der Waals surface area contributed by atoms with Gasteiger partial charge >= 0.3 is 0 Å². The molecule has 2 aromatic rings. The van der Waals surface area contributed by atoms with Gasteiger partial charge in [-0.25, -0.2) is 0 Å². The normalized spacial score (nSPS) is 17.3. The second-order valence-electron chi connectivity index (χ2n) is 4.50. The summed E-state index contributed by atoms with van der Waals surface area (Å²) in [7, 11) is 0. The highest BCUT2D eigenvalue weighted by molar-refractivity contribution is 6.30. The SMILES string of the molecule is O=[N+]([O-])c1cccc(N2C[C@@H]2c2ccc(Cl)cc2)c1. The quantitative estimate of drug-likeness (QED) is 0.486. The van der Waals surface area contributed by atoms with Gasteiger partial charge in [0.2, 0.25) is 0 Å². The summed E-state index contributed by atoms with van der Waals surface area (Å²) in [6.07, 6.45) is 0. The fourth-order valence-corrected chi connectivity index (χ4v) is 2.31. The van der Waals surface area contributed by atoms with Gasteiger partial charge in [0.05, 0.1) is 11.0 Å². The molecule has 1 atom stereocenters. The molecule has 0 aromatic heterocycles. The molecule has 1 aliphatic rings. The highest BCUT2D eigenvalue weighted by Crippen LogP contribution is 2.40. The van der Waals surface area contributed by atoms with Gasteiger partial charge in [-0.05, 0) is 23.8 Å². The van der Waals surface area contributed by atoms with Crippen LogP contribution in [0.3, 0.4) is 0 Å². The first-order chi connectivity index (χ1) is 9.15. The van der Waals surface area contributed by atoms with Crippen molar-refractivity contribution in [2.45, 2.75) is 6.04 Å². The average molecular weight is 275 g/mol. The number of nitro benzene ring substituents is 1. The van der Waals surface area contributed by atoms with E-state index in [4.69, 9.17) is 11.6 Å². The lowest BCUT2D eigenvalue weighted by atomic mass is 10.1.